The Balaban J connectivity index is -0.00000342. The smallest absolute Gasteiger partial charge is 1.00 e. The fourth-order valence-electron chi connectivity index (χ4n) is 3.96. The van der Waals surface area contributed by atoms with Crippen LogP contribution in [0.1, 0.15) is 116 Å². The van der Waals surface area contributed by atoms with Crippen molar-refractivity contribution in [1.29, 1.82) is 0 Å². The molecule has 2 aromatic rings. The van der Waals surface area contributed by atoms with Crippen LogP contribution in [-0.4, -0.2) is 35.7 Å². The number of aliphatic imine (C=N–C) groups is 2. The predicted molar refractivity (Wildman–Crippen MR) is 156 cm³/mol. The van der Waals surface area contributed by atoms with Gasteiger partial charge in [0.25, 0.3) is 0 Å². The predicted octanol–water partition coefficient (Wildman–Crippen LogP) is -1.16. The zero-order valence-corrected chi connectivity index (χ0v) is 31.9. The second-order valence-electron chi connectivity index (χ2n) is 14.0. The SMILES string of the molecule is CC(C)(C)c1cc(C=NCCN=Cc2cc(C(C)(C)C)cc(C(C)(C)C)c2O)c(O)c(C(C)(C)C)c1.[Br-].[Br-].[Br-].[Co+3]. The minimum absolute atomic E-state index is 0. The number of nitrogens with zero attached hydrogens (tertiary/aromatic N) is 2. The second kappa shape index (κ2) is 16.2. The van der Waals surface area contributed by atoms with Gasteiger partial charge in [0.2, 0.25) is 0 Å². The van der Waals surface area contributed by atoms with Crippen molar-refractivity contribution in [2.75, 3.05) is 13.1 Å². The maximum absolute atomic E-state index is 10.9. The number of benzene rings is 2. The summed E-state index contributed by atoms with van der Waals surface area (Å²) in [6.45, 7) is 26.7. The minimum atomic E-state index is -0.173. The van der Waals surface area contributed by atoms with Gasteiger partial charge in [-0.15, -0.1) is 0 Å². The topological polar surface area (TPSA) is 65.2 Å². The molecule has 2 N–H and O–H groups in total. The van der Waals surface area contributed by atoms with Crippen molar-refractivity contribution in [3.63, 3.8) is 0 Å². The molecule has 0 radical (unpaired) electrons. The van der Waals surface area contributed by atoms with Gasteiger partial charge in [0, 0.05) is 34.7 Å². The number of hydrogen-bond donors (Lipinski definition) is 2. The van der Waals surface area contributed by atoms with Crippen LogP contribution in [0.15, 0.2) is 34.3 Å². The third-order valence-electron chi connectivity index (χ3n) is 6.45. The summed E-state index contributed by atoms with van der Waals surface area (Å²) in [5.41, 5.74) is 5.27. The Morgan fingerprint density at radius 2 is 0.800 bits per heavy atom. The molecular weight excluding hydrogens is 743 g/mol. The molecule has 0 aliphatic rings. The number of phenolic OH excluding ortho intramolecular Hbond substituents is 2. The van der Waals surface area contributed by atoms with Gasteiger partial charge in [-0.05, 0) is 44.9 Å². The van der Waals surface area contributed by atoms with Crippen molar-refractivity contribution in [2.45, 2.75) is 105 Å². The van der Waals surface area contributed by atoms with Crippen molar-refractivity contribution in [1.82, 2.24) is 0 Å². The van der Waals surface area contributed by atoms with Crippen molar-refractivity contribution in [3.05, 3.63) is 57.6 Å². The first-order chi connectivity index (χ1) is 16.2. The maximum atomic E-state index is 10.9. The quantitative estimate of drug-likeness (QED) is 0.297. The number of hydrogen-bond acceptors (Lipinski definition) is 4. The molecule has 4 nitrogen and oxygen atoms in total. The molecule has 2 aromatic carbocycles. The van der Waals surface area contributed by atoms with Crippen LogP contribution in [0.4, 0.5) is 0 Å². The van der Waals surface area contributed by atoms with Crippen molar-refractivity contribution >= 4 is 12.4 Å². The molecule has 0 saturated carbocycles. The summed E-state index contributed by atoms with van der Waals surface area (Å²) in [5, 5.41) is 21.9. The Hall–Kier alpha value is -0.674. The second-order valence-corrected chi connectivity index (χ2v) is 14.0. The first kappa shape index (κ1) is 43.8. The fraction of sp³-hybridized carbons (Fsp3) is 0.562. The van der Waals surface area contributed by atoms with Gasteiger partial charge in [-0.2, -0.15) is 0 Å². The Labute approximate surface area is 285 Å². The summed E-state index contributed by atoms with van der Waals surface area (Å²) < 4.78 is 0. The molecule has 0 bridgehead atoms. The van der Waals surface area contributed by atoms with Gasteiger partial charge in [0.1, 0.15) is 11.5 Å². The van der Waals surface area contributed by atoms with Crippen molar-refractivity contribution in [2.24, 2.45) is 9.98 Å². The Kier molecular flexibility index (Phi) is 17.8. The minimum Gasteiger partial charge on any atom is -1.00 e. The number of phenols is 2. The molecule has 0 aromatic heterocycles. The number of rotatable bonds is 5. The van der Waals surface area contributed by atoms with Gasteiger partial charge in [-0.25, -0.2) is 0 Å². The maximum Gasteiger partial charge on any atom is 3.00 e. The van der Waals surface area contributed by atoms with E-state index >= 15 is 0 Å². The summed E-state index contributed by atoms with van der Waals surface area (Å²) in [5.74, 6) is 0.586. The third-order valence-corrected chi connectivity index (χ3v) is 6.45. The van der Waals surface area contributed by atoms with E-state index in [4.69, 9.17) is 0 Å². The molecule has 0 unspecified atom stereocenters. The van der Waals surface area contributed by atoms with Gasteiger partial charge in [-0.3, -0.25) is 9.98 Å². The van der Waals surface area contributed by atoms with E-state index in [-0.39, 0.29) is 89.4 Å². The molecule has 0 atom stereocenters. The molecule has 0 amide bonds. The molecule has 0 heterocycles. The van der Waals surface area contributed by atoms with Crippen LogP contribution in [0.3, 0.4) is 0 Å². The van der Waals surface area contributed by atoms with E-state index in [0.717, 1.165) is 22.3 Å². The van der Waals surface area contributed by atoms with Crippen molar-refractivity contribution < 1.29 is 77.9 Å². The van der Waals surface area contributed by atoms with Gasteiger partial charge in [-0.1, -0.05) is 95.2 Å². The van der Waals surface area contributed by atoms with Gasteiger partial charge in [0.05, 0.1) is 13.1 Å². The summed E-state index contributed by atoms with van der Waals surface area (Å²) in [7, 11) is 0. The standard InChI is InChI=1S/C32H48N2O2.3BrH.Co/c1-29(2,3)23-15-21(27(35)25(17-23)31(7,8)9)19-33-13-14-34-20-22-16-24(30(4,5)6)18-26(28(22)36)32(10,11)12;;;;/h15-20,35-36H,13-14H2,1-12H3;3*1H;/q;;;;+3/p-3. The zero-order chi connectivity index (χ0) is 27.7. The number of aromatic hydroxyl groups is 2. The van der Waals surface area contributed by atoms with Crippen LogP contribution in [0.2, 0.25) is 0 Å². The fourth-order valence-corrected chi connectivity index (χ4v) is 3.96. The normalized spacial score (nSPS) is 12.4. The Morgan fingerprint density at radius 3 is 1.02 bits per heavy atom. The molecule has 0 spiro atoms. The van der Waals surface area contributed by atoms with E-state index in [1.807, 2.05) is 12.1 Å². The largest absolute Gasteiger partial charge is 3.00 e. The van der Waals surface area contributed by atoms with Crippen LogP contribution in [0.25, 0.3) is 0 Å². The molecule has 2 rings (SSSR count). The van der Waals surface area contributed by atoms with E-state index in [1.54, 1.807) is 12.4 Å². The summed E-state index contributed by atoms with van der Waals surface area (Å²) in [4.78, 5) is 9.11. The Bertz CT molecular complexity index is 1060. The summed E-state index contributed by atoms with van der Waals surface area (Å²) in [6, 6.07) is 8.28. The zero-order valence-electron chi connectivity index (χ0n) is 26.1. The monoisotopic (exact) mass is 788 g/mol. The van der Waals surface area contributed by atoms with Crippen molar-refractivity contribution in [3.8, 4) is 11.5 Å². The molecule has 0 aliphatic carbocycles. The van der Waals surface area contributed by atoms with Gasteiger partial charge >= 0.3 is 16.8 Å². The van der Waals surface area contributed by atoms with E-state index in [2.05, 4.69) is 105 Å². The van der Waals surface area contributed by atoms with Gasteiger partial charge in [0.15, 0.2) is 0 Å². The van der Waals surface area contributed by atoms with Crippen LogP contribution >= 0.6 is 0 Å². The Morgan fingerprint density at radius 1 is 0.525 bits per heavy atom. The summed E-state index contributed by atoms with van der Waals surface area (Å²) >= 11 is 0. The van der Waals surface area contributed by atoms with Crippen LogP contribution in [0.5, 0.6) is 11.5 Å². The third kappa shape index (κ3) is 11.9. The van der Waals surface area contributed by atoms with Gasteiger partial charge < -0.3 is 61.2 Å². The molecule has 40 heavy (non-hydrogen) atoms. The molecule has 8 heteroatoms. The molecule has 228 valence electrons. The van der Waals surface area contributed by atoms with E-state index in [0.29, 0.717) is 24.6 Å². The van der Waals surface area contributed by atoms with E-state index in [9.17, 15) is 10.2 Å². The van der Waals surface area contributed by atoms with Crippen LogP contribution in [-0.2, 0) is 38.4 Å². The molecular formula is C32H48Br3CoN2O2. The average molecular weight is 791 g/mol. The average Bonchev–Trinajstić information content (AvgIpc) is 2.69. The first-order valence-corrected chi connectivity index (χ1v) is 13.0. The molecule has 0 saturated heterocycles. The van der Waals surface area contributed by atoms with Crippen LogP contribution in [0, 0.1) is 0 Å². The number of halogens is 3. The van der Waals surface area contributed by atoms with E-state index in [1.165, 1.54) is 11.1 Å². The molecule has 0 aliphatic heterocycles. The molecule has 0 fully saturated rings. The van der Waals surface area contributed by atoms with Crippen LogP contribution < -0.4 is 50.9 Å². The first-order valence-electron chi connectivity index (χ1n) is 13.0. The van der Waals surface area contributed by atoms with E-state index < -0.39 is 0 Å². The summed E-state index contributed by atoms with van der Waals surface area (Å²) in [6.07, 6.45) is 3.51.